The van der Waals surface area contributed by atoms with E-state index in [9.17, 15) is 14.0 Å². The lowest BCUT2D eigenvalue weighted by atomic mass is 10.0. The van der Waals surface area contributed by atoms with Gasteiger partial charge < -0.3 is 14.2 Å². The molecule has 0 N–H and O–H groups in total. The maximum absolute atomic E-state index is 14.0. The summed E-state index contributed by atoms with van der Waals surface area (Å²) < 4.78 is 32.7. The maximum atomic E-state index is 14.0. The number of hydrogen-bond donors (Lipinski definition) is 0. The number of fused-ring (bicyclic) bond motifs is 1. The van der Waals surface area contributed by atoms with Crippen molar-refractivity contribution in [2.75, 3.05) is 13.7 Å². The minimum Gasteiger partial charge on any atom is -0.490 e. The average molecular weight is 565 g/mol. The Hall–Kier alpha value is -4.02. The third kappa shape index (κ3) is 5.30. The van der Waals surface area contributed by atoms with E-state index in [1.165, 1.54) is 35.8 Å². The second-order valence-corrected chi connectivity index (χ2v) is 10.6. The Morgan fingerprint density at radius 2 is 1.95 bits per heavy atom. The molecule has 1 aliphatic heterocycles. The van der Waals surface area contributed by atoms with Crippen LogP contribution in [-0.2, 0) is 16.1 Å². The number of allylic oxidation sites excluding steroid dienone is 1. The molecule has 1 aliphatic rings. The Morgan fingerprint density at radius 1 is 1.13 bits per heavy atom. The van der Waals surface area contributed by atoms with Gasteiger partial charge in [0, 0.05) is 10.4 Å². The van der Waals surface area contributed by atoms with E-state index in [1.807, 2.05) is 24.4 Å². The van der Waals surface area contributed by atoms with Gasteiger partial charge in [0.1, 0.15) is 18.5 Å². The molecule has 0 bridgehead atoms. The Kier molecular flexibility index (Phi) is 7.76. The molecule has 2 aromatic heterocycles. The molecule has 0 amide bonds. The zero-order valence-corrected chi connectivity index (χ0v) is 23.1. The van der Waals surface area contributed by atoms with E-state index in [1.54, 1.807) is 54.0 Å². The number of methoxy groups -OCH3 is 1. The number of ether oxygens (including phenoxy) is 3. The van der Waals surface area contributed by atoms with Gasteiger partial charge in [-0.15, -0.1) is 11.3 Å². The zero-order valence-electron chi connectivity index (χ0n) is 21.5. The molecule has 4 aromatic rings. The Morgan fingerprint density at radius 3 is 2.67 bits per heavy atom. The minimum atomic E-state index is -0.621. The molecule has 0 saturated carbocycles. The van der Waals surface area contributed by atoms with Crippen LogP contribution in [0, 0.1) is 5.82 Å². The molecule has 200 valence electrons. The number of benzene rings is 2. The van der Waals surface area contributed by atoms with E-state index in [2.05, 4.69) is 4.99 Å². The second-order valence-electron chi connectivity index (χ2n) is 8.61. The van der Waals surface area contributed by atoms with E-state index >= 15 is 0 Å². The molecule has 0 fully saturated rings. The molecule has 5 rings (SSSR count). The van der Waals surface area contributed by atoms with Crippen LogP contribution >= 0.6 is 22.7 Å². The van der Waals surface area contributed by atoms with Crippen LogP contribution in [0.2, 0.25) is 0 Å². The standard InChI is InChI=1S/C29H25FN2O5S2/c1-4-36-22-14-18(11-12-21(22)37-16-19-8-5-6-9-20(19)30)15-24-27(33)32-26(23-10-7-13-38-23)25(28(34)35-3)17(2)31-29(32)39-24/h5-15,26H,4,16H2,1-3H3. The maximum Gasteiger partial charge on any atom is 0.338 e. The van der Waals surface area contributed by atoms with Gasteiger partial charge >= 0.3 is 5.97 Å². The van der Waals surface area contributed by atoms with Crippen molar-refractivity contribution in [3.05, 3.63) is 113 Å². The van der Waals surface area contributed by atoms with Crippen molar-refractivity contribution in [3.8, 4) is 11.5 Å². The monoisotopic (exact) mass is 564 g/mol. The SMILES string of the molecule is CCOc1cc(C=c2sc3n(c2=O)C(c2cccs2)C(C(=O)OC)=C(C)N=3)ccc1OCc1ccccc1F. The lowest BCUT2D eigenvalue weighted by Gasteiger charge is -2.22. The number of thiazole rings is 1. The van der Waals surface area contributed by atoms with Gasteiger partial charge in [0.05, 0.1) is 29.5 Å². The molecule has 2 aromatic carbocycles. The van der Waals surface area contributed by atoms with E-state index < -0.39 is 12.0 Å². The molecule has 3 heterocycles. The fourth-order valence-electron chi connectivity index (χ4n) is 4.33. The first kappa shape index (κ1) is 26.6. The first-order valence-corrected chi connectivity index (χ1v) is 13.9. The number of aromatic nitrogens is 1. The second kappa shape index (κ2) is 11.4. The van der Waals surface area contributed by atoms with Crippen LogP contribution in [0.5, 0.6) is 11.5 Å². The molecule has 0 spiro atoms. The fraction of sp³-hybridized carbons (Fsp3) is 0.207. The van der Waals surface area contributed by atoms with Gasteiger partial charge in [-0.2, -0.15) is 0 Å². The van der Waals surface area contributed by atoms with Crippen molar-refractivity contribution in [3.63, 3.8) is 0 Å². The van der Waals surface area contributed by atoms with Crippen LogP contribution in [0.1, 0.15) is 35.9 Å². The molecular formula is C29H25FN2O5S2. The number of hydrogen-bond acceptors (Lipinski definition) is 8. The minimum absolute atomic E-state index is 0.0509. The van der Waals surface area contributed by atoms with Crippen LogP contribution in [0.15, 0.2) is 81.0 Å². The molecule has 1 atom stereocenters. The molecule has 7 nitrogen and oxygen atoms in total. The highest BCUT2D eigenvalue weighted by atomic mass is 32.1. The number of carbonyl (C=O) groups excluding carboxylic acids is 1. The van der Waals surface area contributed by atoms with E-state index in [-0.39, 0.29) is 18.0 Å². The normalized spacial score (nSPS) is 15.1. The molecule has 10 heteroatoms. The lowest BCUT2D eigenvalue weighted by molar-refractivity contribution is -0.136. The van der Waals surface area contributed by atoms with Crippen molar-refractivity contribution in [2.45, 2.75) is 26.5 Å². The zero-order chi connectivity index (χ0) is 27.5. The number of esters is 1. The topological polar surface area (TPSA) is 79.1 Å². The van der Waals surface area contributed by atoms with Gasteiger partial charge in [0.25, 0.3) is 5.56 Å². The van der Waals surface area contributed by atoms with Crippen LogP contribution in [0.3, 0.4) is 0 Å². The average Bonchev–Trinajstić information content (AvgIpc) is 3.56. The van der Waals surface area contributed by atoms with Crippen molar-refractivity contribution in [1.82, 2.24) is 4.57 Å². The predicted molar refractivity (Wildman–Crippen MR) is 148 cm³/mol. The van der Waals surface area contributed by atoms with Crippen molar-refractivity contribution in [2.24, 2.45) is 4.99 Å². The van der Waals surface area contributed by atoms with Gasteiger partial charge in [-0.05, 0) is 55.1 Å². The number of carbonyl (C=O) groups is 1. The Bertz CT molecular complexity index is 1740. The van der Waals surface area contributed by atoms with Crippen molar-refractivity contribution < 1.29 is 23.4 Å². The molecule has 0 radical (unpaired) electrons. The van der Waals surface area contributed by atoms with E-state index in [0.717, 1.165) is 10.4 Å². The number of thiophene rings is 1. The first-order chi connectivity index (χ1) is 18.9. The molecule has 1 unspecified atom stereocenters. The van der Waals surface area contributed by atoms with Crippen LogP contribution < -0.4 is 24.4 Å². The third-order valence-corrected chi connectivity index (χ3v) is 8.05. The summed E-state index contributed by atoms with van der Waals surface area (Å²) in [5, 5.41) is 1.90. The number of halogens is 1. The van der Waals surface area contributed by atoms with Crippen molar-refractivity contribution in [1.29, 1.82) is 0 Å². The fourth-order valence-corrected chi connectivity index (χ4v) is 6.20. The summed E-state index contributed by atoms with van der Waals surface area (Å²) >= 11 is 2.71. The summed E-state index contributed by atoms with van der Waals surface area (Å²) in [6.45, 7) is 4.06. The van der Waals surface area contributed by atoms with E-state index in [4.69, 9.17) is 14.2 Å². The molecule has 0 saturated heterocycles. The highest BCUT2D eigenvalue weighted by Crippen LogP contribution is 2.33. The first-order valence-electron chi connectivity index (χ1n) is 12.2. The van der Waals surface area contributed by atoms with Gasteiger partial charge in [-0.25, -0.2) is 14.2 Å². The largest absolute Gasteiger partial charge is 0.490 e. The summed E-state index contributed by atoms with van der Waals surface area (Å²) in [4.78, 5) is 32.3. The molecular weight excluding hydrogens is 539 g/mol. The predicted octanol–water partition coefficient (Wildman–Crippen LogP) is 4.59. The van der Waals surface area contributed by atoms with Crippen LogP contribution in [0.25, 0.3) is 6.08 Å². The van der Waals surface area contributed by atoms with Gasteiger partial charge in [-0.3, -0.25) is 9.36 Å². The third-order valence-electron chi connectivity index (χ3n) is 6.15. The highest BCUT2D eigenvalue weighted by molar-refractivity contribution is 7.10. The smallest absolute Gasteiger partial charge is 0.338 e. The van der Waals surface area contributed by atoms with Gasteiger partial charge in [0.15, 0.2) is 16.3 Å². The Labute approximate surface area is 231 Å². The quantitative estimate of drug-likeness (QED) is 0.293. The van der Waals surface area contributed by atoms with Gasteiger partial charge in [-0.1, -0.05) is 41.7 Å². The summed E-state index contributed by atoms with van der Waals surface area (Å²) in [6, 6.07) is 14.9. The van der Waals surface area contributed by atoms with Crippen molar-refractivity contribution >= 4 is 34.7 Å². The van der Waals surface area contributed by atoms with E-state index in [0.29, 0.717) is 44.3 Å². The van der Waals surface area contributed by atoms with Gasteiger partial charge in [0.2, 0.25) is 0 Å². The summed E-state index contributed by atoms with van der Waals surface area (Å²) in [5.74, 6) is 0.0931. The number of rotatable bonds is 8. The summed E-state index contributed by atoms with van der Waals surface area (Å²) in [5.41, 5.74) is 1.76. The number of nitrogens with zero attached hydrogens (tertiary/aromatic N) is 2. The van der Waals surface area contributed by atoms with Crippen LogP contribution in [0.4, 0.5) is 4.39 Å². The summed E-state index contributed by atoms with van der Waals surface area (Å²) in [7, 11) is 1.32. The molecule has 39 heavy (non-hydrogen) atoms. The van der Waals surface area contributed by atoms with Crippen LogP contribution in [-0.4, -0.2) is 24.3 Å². The highest BCUT2D eigenvalue weighted by Gasteiger charge is 2.33. The molecule has 0 aliphatic carbocycles. The lowest BCUT2D eigenvalue weighted by Crippen LogP contribution is -2.39. The Balaban J connectivity index is 1.54. The summed E-state index contributed by atoms with van der Waals surface area (Å²) in [6.07, 6.45) is 1.76.